The second kappa shape index (κ2) is 4.48. The zero-order valence-electron chi connectivity index (χ0n) is 6.94. The summed E-state index contributed by atoms with van der Waals surface area (Å²) in [4.78, 5) is 0. The molecule has 2 rings (SSSR count). The van der Waals surface area contributed by atoms with E-state index in [2.05, 4.69) is 10.2 Å². The van der Waals surface area contributed by atoms with Gasteiger partial charge in [0.25, 0.3) is 0 Å². The predicted octanol–water partition coefficient (Wildman–Crippen LogP) is 3.13. The smallest absolute Gasteiger partial charge is 0.203 e. The summed E-state index contributed by atoms with van der Waals surface area (Å²) in [6, 6.07) is 1.96. The van der Waals surface area contributed by atoms with Crippen molar-refractivity contribution in [3.8, 4) is 0 Å². The van der Waals surface area contributed by atoms with Crippen LogP contribution in [0.4, 0.5) is 5.13 Å². The van der Waals surface area contributed by atoms with Gasteiger partial charge in [-0.2, -0.15) is 0 Å². The number of anilines is 1. The van der Waals surface area contributed by atoms with Crippen LogP contribution in [-0.4, -0.2) is 10.2 Å². The molecule has 0 unspecified atom stereocenters. The van der Waals surface area contributed by atoms with Crippen molar-refractivity contribution in [2.45, 2.75) is 10.1 Å². The fourth-order valence-corrected chi connectivity index (χ4v) is 3.43. The lowest BCUT2D eigenvalue weighted by Crippen LogP contribution is -1.79. The number of halogens is 1. The molecule has 0 fully saturated rings. The lowest BCUT2D eigenvalue weighted by Gasteiger charge is -1.91. The van der Waals surface area contributed by atoms with E-state index in [0.717, 1.165) is 14.4 Å². The first-order valence-corrected chi connectivity index (χ1v) is 6.75. The Morgan fingerprint density at radius 3 is 2.93 bits per heavy atom. The van der Waals surface area contributed by atoms with Crippen LogP contribution in [0.15, 0.2) is 15.8 Å². The van der Waals surface area contributed by atoms with Crippen LogP contribution in [0, 0.1) is 0 Å². The van der Waals surface area contributed by atoms with Crippen molar-refractivity contribution >= 4 is 51.2 Å². The van der Waals surface area contributed by atoms with Crippen LogP contribution in [0.25, 0.3) is 0 Å². The average molecular weight is 264 g/mol. The topological polar surface area (TPSA) is 51.8 Å². The van der Waals surface area contributed by atoms with Crippen LogP contribution < -0.4 is 5.73 Å². The van der Waals surface area contributed by atoms with Crippen molar-refractivity contribution in [1.82, 2.24) is 10.2 Å². The molecule has 0 radical (unpaired) electrons. The number of aromatic nitrogens is 2. The Balaban J connectivity index is 1.94. The minimum absolute atomic E-state index is 0.510. The van der Waals surface area contributed by atoms with E-state index in [9.17, 15) is 0 Å². The number of hydrogen-bond acceptors (Lipinski definition) is 6. The lowest BCUT2D eigenvalue weighted by atomic mass is 10.4. The van der Waals surface area contributed by atoms with Crippen LogP contribution in [-0.2, 0) is 5.75 Å². The van der Waals surface area contributed by atoms with Gasteiger partial charge in [-0.05, 0) is 17.0 Å². The molecule has 0 amide bonds. The quantitative estimate of drug-likeness (QED) is 0.865. The van der Waals surface area contributed by atoms with Crippen molar-refractivity contribution in [2.24, 2.45) is 0 Å². The molecule has 0 atom stereocenters. The zero-order chi connectivity index (χ0) is 9.97. The van der Waals surface area contributed by atoms with Gasteiger partial charge in [-0.25, -0.2) is 0 Å². The molecule has 0 aliphatic heterocycles. The molecular formula is C7H6ClN3S3. The number of thioether (sulfide) groups is 1. The fraction of sp³-hybridized carbons (Fsp3) is 0.143. The van der Waals surface area contributed by atoms with E-state index in [4.69, 9.17) is 17.3 Å². The first kappa shape index (κ1) is 10.2. The summed E-state index contributed by atoms with van der Waals surface area (Å²) in [6.07, 6.45) is 0. The minimum Gasteiger partial charge on any atom is -0.374 e. The van der Waals surface area contributed by atoms with Gasteiger partial charge in [0, 0.05) is 5.75 Å². The Morgan fingerprint density at radius 2 is 2.36 bits per heavy atom. The molecule has 2 N–H and O–H groups in total. The van der Waals surface area contributed by atoms with E-state index >= 15 is 0 Å². The molecule has 2 aromatic rings. The lowest BCUT2D eigenvalue weighted by molar-refractivity contribution is 1.02. The summed E-state index contributed by atoms with van der Waals surface area (Å²) in [5.74, 6) is 0.859. The third-order valence-electron chi connectivity index (χ3n) is 1.41. The number of nitrogens with zero attached hydrogens (tertiary/aromatic N) is 2. The first-order valence-electron chi connectivity index (χ1n) is 3.69. The second-order valence-electron chi connectivity index (χ2n) is 2.45. The molecule has 0 aromatic carbocycles. The Labute approximate surface area is 98.3 Å². The van der Waals surface area contributed by atoms with E-state index in [1.54, 1.807) is 11.8 Å². The third kappa shape index (κ3) is 2.60. The molecule has 0 spiro atoms. The average Bonchev–Trinajstić information content (AvgIpc) is 2.72. The fourth-order valence-electron chi connectivity index (χ4n) is 0.845. The molecule has 2 heterocycles. The highest BCUT2D eigenvalue weighted by Gasteiger charge is 2.03. The molecule has 3 nitrogen and oxygen atoms in total. The summed E-state index contributed by atoms with van der Waals surface area (Å²) in [5, 5.41) is 10.2. The Bertz CT molecular complexity index is 385. The molecule has 74 valence electrons. The number of hydrogen-bond donors (Lipinski definition) is 1. The maximum atomic E-state index is 5.81. The molecule has 14 heavy (non-hydrogen) atoms. The number of rotatable bonds is 3. The van der Waals surface area contributed by atoms with Crippen LogP contribution >= 0.6 is 46.0 Å². The van der Waals surface area contributed by atoms with Gasteiger partial charge in [0.15, 0.2) is 4.34 Å². The number of thiophene rings is 1. The van der Waals surface area contributed by atoms with E-state index in [0.29, 0.717) is 5.13 Å². The second-order valence-corrected chi connectivity index (χ2v) is 6.23. The van der Waals surface area contributed by atoms with Gasteiger partial charge < -0.3 is 5.73 Å². The molecule has 0 saturated carbocycles. The summed E-state index contributed by atoms with van der Waals surface area (Å²) < 4.78 is 1.71. The molecule has 0 saturated heterocycles. The minimum atomic E-state index is 0.510. The molecule has 7 heteroatoms. The van der Waals surface area contributed by atoms with Crippen molar-refractivity contribution < 1.29 is 0 Å². The normalized spacial score (nSPS) is 10.6. The maximum absolute atomic E-state index is 5.81. The number of nitrogens with two attached hydrogens (primary N) is 1. The van der Waals surface area contributed by atoms with Crippen molar-refractivity contribution in [2.75, 3.05) is 5.73 Å². The Kier molecular flexibility index (Phi) is 3.27. The first-order chi connectivity index (χ1) is 6.74. The van der Waals surface area contributed by atoms with Crippen molar-refractivity contribution in [1.29, 1.82) is 0 Å². The van der Waals surface area contributed by atoms with Gasteiger partial charge in [-0.15, -0.1) is 21.5 Å². The third-order valence-corrected chi connectivity index (χ3v) is 4.50. The van der Waals surface area contributed by atoms with Crippen molar-refractivity contribution in [3.05, 3.63) is 21.3 Å². The molecule has 0 aliphatic carbocycles. The van der Waals surface area contributed by atoms with Gasteiger partial charge in [-0.3, -0.25) is 0 Å². The van der Waals surface area contributed by atoms with Gasteiger partial charge in [0.1, 0.15) is 0 Å². The number of nitrogen functional groups attached to an aromatic ring is 1. The summed E-state index contributed by atoms with van der Waals surface area (Å²) in [7, 11) is 0. The summed E-state index contributed by atoms with van der Waals surface area (Å²) in [6.45, 7) is 0. The molecular weight excluding hydrogens is 258 g/mol. The summed E-state index contributed by atoms with van der Waals surface area (Å²) >= 11 is 10.4. The van der Waals surface area contributed by atoms with E-state index in [-0.39, 0.29) is 0 Å². The van der Waals surface area contributed by atoms with Gasteiger partial charge in [-0.1, -0.05) is 34.7 Å². The largest absolute Gasteiger partial charge is 0.374 e. The standard InChI is InChI=1S/C7H6ClN3S3/c8-5-1-4(2-12-5)3-13-7-11-10-6(9)14-7/h1-2H,3H2,(H2,9,10). The van der Waals surface area contributed by atoms with Crippen LogP contribution in [0.3, 0.4) is 0 Å². The van der Waals surface area contributed by atoms with E-state index in [1.807, 2.05) is 11.4 Å². The monoisotopic (exact) mass is 263 g/mol. The van der Waals surface area contributed by atoms with Gasteiger partial charge in [0.2, 0.25) is 5.13 Å². The summed E-state index contributed by atoms with van der Waals surface area (Å²) in [5.41, 5.74) is 6.67. The SMILES string of the molecule is Nc1nnc(SCc2csc(Cl)c2)s1. The highest BCUT2D eigenvalue weighted by Crippen LogP contribution is 2.29. The highest BCUT2D eigenvalue weighted by atomic mass is 35.5. The van der Waals surface area contributed by atoms with E-state index < -0.39 is 0 Å². The molecule has 2 aromatic heterocycles. The van der Waals surface area contributed by atoms with Crippen LogP contribution in [0.5, 0.6) is 0 Å². The maximum Gasteiger partial charge on any atom is 0.203 e. The van der Waals surface area contributed by atoms with Gasteiger partial charge >= 0.3 is 0 Å². The Hall–Kier alpha value is -0.300. The predicted molar refractivity (Wildman–Crippen MR) is 63.2 cm³/mol. The zero-order valence-corrected chi connectivity index (χ0v) is 10.1. The van der Waals surface area contributed by atoms with Crippen LogP contribution in [0.2, 0.25) is 4.34 Å². The van der Waals surface area contributed by atoms with Crippen LogP contribution in [0.1, 0.15) is 5.56 Å². The van der Waals surface area contributed by atoms with Crippen molar-refractivity contribution in [3.63, 3.8) is 0 Å². The highest BCUT2D eigenvalue weighted by molar-refractivity contribution is 8.00. The van der Waals surface area contributed by atoms with E-state index in [1.165, 1.54) is 28.2 Å². The molecule has 0 aliphatic rings. The Morgan fingerprint density at radius 1 is 1.50 bits per heavy atom. The van der Waals surface area contributed by atoms with Gasteiger partial charge in [0.05, 0.1) is 4.34 Å². The molecule has 0 bridgehead atoms.